The van der Waals surface area contributed by atoms with E-state index in [2.05, 4.69) is 52.2 Å². The van der Waals surface area contributed by atoms with Crippen molar-refractivity contribution in [2.45, 2.75) is 33.6 Å². The number of aryl methyl sites for hydroxylation is 3. The average molecular weight is 385 g/mol. The van der Waals surface area contributed by atoms with Gasteiger partial charge in [-0.1, -0.05) is 23.5 Å². The van der Waals surface area contributed by atoms with Crippen LogP contribution in [-0.4, -0.2) is 56.8 Å². The SMILES string of the molecule is Cc1cccc(N2CCN(C(=O)CCc3nn4c(C)nnc4s3)CC2)c1C. The fourth-order valence-corrected chi connectivity index (χ4v) is 4.38. The number of carbonyl (C=O) groups is 1. The minimum Gasteiger partial charge on any atom is -0.368 e. The van der Waals surface area contributed by atoms with Crippen molar-refractivity contribution in [3.05, 3.63) is 40.2 Å². The molecule has 27 heavy (non-hydrogen) atoms. The van der Waals surface area contributed by atoms with Crippen LogP contribution in [0, 0.1) is 20.8 Å². The van der Waals surface area contributed by atoms with Gasteiger partial charge in [0.05, 0.1) is 0 Å². The Morgan fingerprint density at radius 3 is 2.63 bits per heavy atom. The first-order valence-corrected chi connectivity index (χ1v) is 10.1. The predicted octanol–water partition coefficient (Wildman–Crippen LogP) is 2.39. The maximum atomic E-state index is 12.6. The number of aromatic nitrogens is 4. The van der Waals surface area contributed by atoms with Gasteiger partial charge in [-0.2, -0.15) is 9.61 Å². The van der Waals surface area contributed by atoms with Crippen LogP contribution in [0.4, 0.5) is 5.69 Å². The lowest BCUT2D eigenvalue weighted by Crippen LogP contribution is -2.49. The highest BCUT2D eigenvalue weighted by Gasteiger charge is 2.22. The second-order valence-electron chi connectivity index (χ2n) is 7.02. The van der Waals surface area contributed by atoms with E-state index in [-0.39, 0.29) is 5.91 Å². The van der Waals surface area contributed by atoms with E-state index in [4.69, 9.17) is 0 Å². The van der Waals surface area contributed by atoms with Gasteiger partial charge in [0.1, 0.15) is 5.01 Å². The van der Waals surface area contributed by atoms with Crippen molar-refractivity contribution in [3.8, 4) is 0 Å². The Kier molecular flexibility index (Phi) is 4.82. The summed E-state index contributed by atoms with van der Waals surface area (Å²) in [4.78, 5) is 17.8. The van der Waals surface area contributed by atoms with Crippen LogP contribution in [0.2, 0.25) is 0 Å². The van der Waals surface area contributed by atoms with Crippen molar-refractivity contribution in [3.63, 3.8) is 0 Å². The summed E-state index contributed by atoms with van der Waals surface area (Å²) in [6.07, 6.45) is 1.15. The molecule has 1 fully saturated rings. The van der Waals surface area contributed by atoms with Crippen molar-refractivity contribution in [2.24, 2.45) is 0 Å². The Morgan fingerprint density at radius 1 is 1.11 bits per heavy atom. The van der Waals surface area contributed by atoms with Gasteiger partial charge in [-0.25, -0.2) is 0 Å². The van der Waals surface area contributed by atoms with Gasteiger partial charge >= 0.3 is 0 Å². The number of hydrogen-bond acceptors (Lipinski definition) is 6. The standard InChI is InChI=1S/C19H24N6OS/c1-13-5-4-6-16(14(13)2)23-9-11-24(12-10-23)18(26)8-7-17-22-25-15(3)20-21-19(25)27-17/h4-6H,7-12H2,1-3H3. The largest absolute Gasteiger partial charge is 0.368 e. The second-order valence-corrected chi connectivity index (χ2v) is 8.06. The smallest absolute Gasteiger partial charge is 0.234 e. The summed E-state index contributed by atoms with van der Waals surface area (Å²) in [5, 5.41) is 13.5. The molecule has 0 spiro atoms. The topological polar surface area (TPSA) is 66.6 Å². The predicted molar refractivity (Wildman–Crippen MR) is 106 cm³/mol. The van der Waals surface area contributed by atoms with Crippen LogP contribution in [0.3, 0.4) is 0 Å². The number of fused-ring (bicyclic) bond motifs is 1. The first-order valence-electron chi connectivity index (χ1n) is 9.29. The summed E-state index contributed by atoms with van der Waals surface area (Å²) in [6.45, 7) is 9.51. The van der Waals surface area contributed by atoms with Gasteiger partial charge in [0, 0.05) is 44.7 Å². The number of carbonyl (C=O) groups excluding carboxylic acids is 1. The molecule has 0 unspecified atom stereocenters. The van der Waals surface area contributed by atoms with Crippen LogP contribution in [0.1, 0.15) is 28.4 Å². The van der Waals surface area contributed by atoms with E-state index in [1.807, 2.05) is 11.8 Å². The molecule has 4 rings (SSSR count). The number of benzene rings is 1. The highest BCUT2D eigenvalue weighted by Crippen LogP contribution is 2.24. The Morgan fingerprint density at radius 2 is 1.89 bits per heavy atom. The Labute approximate surface area is 162 Å². The lowest BCUT2D eigenvalue weighted by molar-refractivity contribution is -0.131. The van der Waals surface area contributed by atoms with E-state index in [9.17, 15) is 4.79 Å². The van der Waals surface area contributed by atoms with Crippen molar-refractivity contribution in [2.75, 3.05) is 31.1 Å². The number of rotatable bonds is 4. The second kappa shape index (κ2) is 7.26. The zero-order valence-corrected chi connectivity index (χ0v) is 16.8. The fourth-order valence-electron chi connectivity index (χ4n) is 3.50. The van der Waals surface area contributed by atoms with E-state index in [0.29, 0.717) is 12.8 Å². The molecule has 0 bridgehead atoms. The van der Waals surface area contributed by atoms with Crippen LogP contribution in [0.25, 0.3) is 4.96 Å². The van der Waals surface area contributed by atoms with E-state index < -0.39 is 0 Å². The quantitative estimate of drug-likeness (QED) is 0.691. The molecule has 1 amide bonds. The Hall–Kier alpha value is -2.48. The van der Waals surface area contributed by atoms with Crippen molar-refractivity contribution in [1.29, 1.82) is 0 Å². The van der Waals surface area contributed by atoms with Crippen LogP contribution in [0.5, 0.6) is 0 Å². The first-order chi connectivity index (χ1) is 13.0. The third kappa shape index (κ3) is 3.53. The van der Waals surface area contributed by atoms with E-state index >= 15 is 0 Å². The molecule has 0 atom stereocenters. The molecule has 1 aromatic carbocycles. The fraction of sp³-hybridized carbons (Fsp3) is 0.474. The molecule has 1 aliphatic rings. The third-order valence-electron chi connectivity index (χ3n) is 5.29. The summed E-state index contributed by atoms with van der Waals surface area (Å²) in [5.41, 5.74) is 3.93. The van der Waals surface area contributed by atoms with Gasteiger partial charge in [-0.05, 0) is 38.0 Å². The molecule has 0 saturated carbocycles. The molecule has 0 N–H and O–H groups in total. The van der Waals surface area contributed by atoms with Gasteiger partial charge < -0.3 is 9.80 Å². The molecule has 3 heterocycles. The summed E-state index contributed by atoms with van der Waals surface area (Å²) >= 11 is 1.51. The monoisotopic (exact) mass is 384 g/mol. The maximum Gasteiger partial charge on any atom is 0.234 e. The highest BCUT2D eigenvalue weighted by molar-refractivity contribution is 7.16. The van der Waals surface area contributed by atoms with Gasteiger partial charge in [0.15, 0.2) is 5.82 Å². The lowest BCUT2D eigenvalue weighted by Gasteiger charge is -2.37. The van der Waals surface area contributed by atoms with E-state index in [0.717, 1.165) is 42.0 Å². The van der Waals surface area contributed by atoms with Crippen LogP contribution < -0.4 is 4.90 Å². The molecule has 3 aromatic rings. The number of hydrogen-bond donors (Lipinski definition) is 0. The van der Waals surface area contributed by atoms with Gasteiger partial charge in [0.2, 0.25) is 10.9 Å². The van der Waals surface area contributed by atoms with Crippen molar-refractivity contribution < 1.29 is 4.79 Å². The van der Waals surface area contributed by atoms with Crippen molar-refractivity contribution in [1.82, 2.24) is 24.7 Å². The number of anilines is 1. The normalized spacial score (nSPS) is 14.9. The first kappa shape index (κ1) is 17.9. The van der Waals surface area contributed by atoms with Crippen LogP contribution >= 0.6 is 11.3 Å². The summed E-state index contributed by atoms with van der Waals surface area (Å²) < 4.78 is 1.74. The van der Waals surface area contributed by atoms with Gasteiger partial charge in [-0.3, -0.25) is 4.79 Å². The minimum atomic E-state index is 0.207. The molecular weight excluding hydrogens is 360 g/mol. The van der Waals surface area contributed by atoms with E-state index in [1.54, 1.807) is 4.52 Å². The molecular formula is C19H24N6OS. The van der Waals surface area contributed by atoms with Gasteiger partial charge in [-0.15, -0.1) is 10.2 Å². The summed E-state index contributed by atoms with van der Waals surface area (Å²) in [5.74, 6) is 0.986. The average Bonchev–Trinajstić information content (AvgIpc) is 3.24. The summed E-state index contributed by atoms with van der Waals surface area (Å²) in [6, 6.07) is 6.43. The molecule has 0 aliphatic carbocycles. The van der Waals surface area contributed by atoms with E-state index in [1.165, 1.54) is 28.2 Å². The highest BCUT2D eigenvalue weighted by atomic mass is 32.1. The Bertz CT molecular complexity index is 970. The zero-order valence-electron chi connectivity index (χ0n) is 16.0. The molecule has 7 nitrogen and oxygen atoms in total. The van der Waals surface area contributed by atoms with Gasteiger partial charge in [0.25, 0.3) is 0 Å². The number of piperazine rings is 1. The molecule has 2 aromatic heterocycles. The lowest BCUT2D eigenvalue weighted by atomic mass is 10.1. The molecule has 1 aliphatic heterocycles. The van der Waals surface area contributed by atoms with Crippen LogP contribution in [-0.2, 0) is 11.2 Å². The molecule has 8 heteroatoms. The van der Waals surface area contributed by atoms with Crippen LogP contribution in [0.15, 0.2) is 18.2 Å². The minimum absolute atomic E-state index is 0.207. The van der Waals surface area contributed by atoms with Crippen molar-refractivity contribution >= 4 is 27.9 Å². The molecule has 0 radical (unpaired) electrons. The zero-order chi connectivity index (χ0) is 19.0. The summed E-state index contributed by atoms with van der Waals surface area (Å²) in [7, 11) is 0. The molecule has 1 saturated heterocycles. The maximum absolute atomic E-state index is 12.6. The number of nitrogens with zero attached hydrogens (tertiary/aromatic N) is 6. The molecule has 142 valence electrons. The third-order valence-corrected chi connectivity index (χ3v) is 6.25. The number of amides is 1. The Balaban J connectivity index is 1.32.